The molecule has 2 rings (SSSR count). The fourth-order valence-corrected chi connectivity index (χ4v) is 1.81. The number of thiocarbonyl (C=S) groups is 1. The molecule has 4 nitrogen and oxygen atoms in total. The average molecular weight is 283 g/mol. The lowest BCUT2D eigenvalue weighted by Gasteiger charge is -2.10. The summed E-state index contributed by atoms with van der Waals surface area (Å²) >= 11 is 4.78. The molecule has 0 unspecified atom stereocenters. The minimum absolute atomic E-state index is 0.170. The molecule has 0 bridgehead atoms. The largest absolute Gasteiger partial charge is 0.487 e. The summed E-state index contributed by atoms with van der Waals surface area (Å²) in [7, 11) is 0. The van der Waals surface area contributed by atoms with Crippen molar-refractivity contribution in [1.29, 1.82) is 5.26 Å². The number of ether oxygens (including phenoxy) is 1. The topological polar surface area (TPSA) is 71.1 Å². The van der Waals surface area contributed by atoms with Crippen molar-refractivity contribution < 1.29 is 4.74 Å². The van der Waals surface area contributed by atoms with Crippen LogP contribution in [0.5, 0.6) is 5.75 Å². The SMILES string of the molecule is N#Cc1ccc(NC(N)=S)cc1OCc1ccccc1. The van der Waals surface area contributed by atoms with Gasteiger partial charge in [-0.1, -0.05) is 30.3 Å². The third-order valence-electron chi connectivity index (χ3n) is 2.61. The maximum Gasteiger partial charge on any atom is 0.168 e. The van der Waals surface area contributed by atoms with Crippen molar-refractivity contribution in [2.24, 2.45) is 5.73 Å². The van der Waals surface area contributed by atoms with Crippen LogP contribution in [-0.2, 0) is 6.61 Å². The van der Waals surface area contributed by atoms with Crippen molar-refractivity contribution in [3.63, 3.8) is 0 Å². The maximum absolute atomic E-state index is 9.09. The number of rotatable bonds is 4. The fourth-order valence-electron chi connectivity index (χ4n) is 1.69. The van der Waals surface area contributed by atoms with Crippen LogP contribution in [0.1, 0.15) is 11.1 Å². The summed E-state index contributed by atoms with van der Waals surface area (Å²) in [6.07, 6.45) is 0. The third kappa shape index (κ3) is 3.70. The van der Waals surface area contributed by atoms with Gasteiger partial charge in [-0.15, -0.1) is 0 Å². The van der Waals surface area contributed by atoms with E-state index >= 15 is 0 Å². The summed E-state index contributed by atoms with van der Waals surface area (Å²) in [6.45, 7) is 0.395. The molecule has 0 spiro atoms. The summed E-state index contributed by atoms with van der Waals surface area (Å²) in [5, 5.41) is 12.1. The molecular weight excluding hydrogens is 270 g/mol. The van der Waals surface area contributed by atoms with Crippen molar-refractivity contribution >= 4 is 23.0 Å². The molecular formula is C15H13N3OS. The lowest BCUT2D eigenvalue weighted by atomic mass is 10.2. The van der Waals surface area contributed by atoms with E-state index in [2.05, 4.69) is 11.4 Å². The minimum atomic E-state index is 0.170. The van der Waals surface area contributed by atoms with Crippen LogP contribution in [0.2, 0.25) is 0 Å². The zero-order valence-corrected chi connectivity index (χ0v) is 11.5. The van der Waals surface area contributed by atoms with Gasteiger partial charge >= 0.3 is 0 Å². The van der Waals surface area contributed by atoms with Gasteiger partial charge in [0, 0.05) is 11.8 Å². The van der Waals surface area contributed by atoms with E-state index in [1.165, 1.54) is 0 Å². The van der Waals surface area contributed by atoms with E-state index in [1.807, 2.05) is 30.3 Å². The molecule has 20 heavy (non-hydrogen) atoms. The van der Waals surface area contributed by atoms with E-state index in [1.54, 1.807) is 18.2 Å². The van der Waals surface area contributed by atoms with Crippen LogP contribution in [0.4, 0.5) is 5.69 Å². The first kappa shape index (κ1) is 13.8. The van der Waals surface area contributed by atoms with Gasteiger partial charge in [0.1, 0.15) is 18.4 Å². The van der Waals surface area contributed by atoms with Crippen molar-refractivity contribution in [3.8, 4) is 11.8 Å². The summed E-state index contributed by atoms with van der Waals surface area (Å²) in [5.74, 6) is 0.498. The van der Waals surface area contributed by atoms with E-state index in [4.69, 9.17) is 28.0 Å². The third-order valence-corrected chi connectivity index (χ3v) is 2.71. The molecule has 0 aliphatic carbocycles. The minimum Gasteiger partial charge on any atom is -0.487 e. The Morgan fingerprint density at radius 3 is 2.65 bits per heavy atom. The number of nitrogens with one attached hydrogen (secondary N) is 1. The molecule has 0 heterocycles. The monoisotopic (exact) mass is 283 g/mol. The van der Waals surface area contributed by atoms with E-state index < -0.39 is 0 Å². The number of nitriles is 1. The number of anilines is 1. The van der Waals surface area contributed by atoms with Crippen LogP contribution in [0.25, 0.3) is 0 Å². The van der Waals surface area contributed by atoms with Crippen molar-refractivity contribution in [2.45, 2.75) is 6.61 Å². The molecule has 2 aromatic rings. The number of nitrogens with two attached hydrogens (primary N) is 1. The Balaban J connectivity index is 2.16. The molecule has 100 valence electrons. The fraction of sp³-hybridized carbons (Fsp3) is 0.0667. The lowest BCUT2D eigenvalue weighted by molar-refractivity contribution is 0.305. The van der Waals surface area contributed by atoms with E-state index in [0.29, 0.717) is 23.6 Å². The predicted molar refractivity (Wildman–Crippen MR) is 82.3 cm³/mol. The van der Waals surface area contributed by atoms with Crippen LogP contribution in [0.3, 0.4) is 0 Å². The molecule has 0 aliphatic rings. The first-order valence-corrected chi connectivity index (χ1v) is 6.37. The molecule has 0 radical (unpaired) electrons. The molecule has 0 aliphatic heterocycles. The Labute approximate surface area is 122 Å². The summed E-state index contributed by atoms with van der Waals surface area (Å²) in [6, 6.07) is 16.9. The number of nitrogens with zero attached hydrogens (tertiary/aromatic N) is 1. The van der Waals surface area contributed by atoms with Crippen LogP contribution in [0, 0.1) is 11.3 Å². The highest BCUT2D eigenvalue weighted by molar-refractivity contribution is 7.80. The Hall–Kier alpha value is -2.58. The number of benzene rings is 2. The molecule has 5 heteroatoms. The van der Waals surface area contributed by atoms with Gasteiger partial charge in [-0.2, -0.15) is 5.26 Å². The standard InChI is InChI=1S/C15H13N3OS/c16-9-12-6-7-13(18-15(17)20)8-14(12)19-10-11-4-2-1-3-5-11/h1-8H,10H2,(H3,17,18,20). The van der Waals surface area contributed by atoms with Gasteiger partial charge in [-0.05, 0) is 29.9 Å². The highest BCUT2D eigenvalue weighted by Gasteiger charge is 2.06. The van der Waals surface area contributed by atoms with Gasteiger partial charge in [0.2, 0.25) is 0 Å². The molecule has 0 saturated heterocycles. The Morgan fingerprint density at radius 2 is 2.00 bits per heavy atom. The average Bonchev–Trinajstić information content (AvgIpc) is 2.46. The van der Waals surface area contributed by atoms with Crippen molar-refractivity contribution in [1.82, 2.24) is 0 Å². The number of hydrogen-bond acceptors (Lipinski definition) is 3. The molecule has 0 fully saturated rings. The highest BCUT2D eigenvalue weighted by atomic mass is 32.1. The molecule has 3 N–H and O–H groups in total. The second-order valence-electron chi connectivity index (χ2n) is 4.09. The van der Waals surface area contributed by atoms with E-state index in [9.17, 15) is 0 Å². The van der Waals surface area contributed by atoms with Gasteiger partial charge < -0.3 is 15.8 Å². The van der Waals surface area contributed by atoms with Gasteiger partial charge in [-0.25, -0.2) is 0 Å². The highest BCUT2D eigenvalue weighted by Crippen LogP contribution is 2.23. The Kier molecular flexibility index (Phi) is 4.53. The van der Waals surface area contributed by atoms with Crippen LogP contribution in [-0.4, -0.2) is 5.11 Å². The molecule has 0 amide bonds. The van der Waals surface area contributed by atoms with Crippen molar-refractivity contribution in [3.05, 3.63) is 59.7 Å². The van der Waals surface area contributed by atoms with Crippen molar-refractivity contribution in [2.75, 3.05) is 5.32 Å². The van der Waals surface area contributed by atoms with Crippen LogP contribution >= 0.6 is 12.2 Å². The molecule has 0 atom stereocenters. The molecule has 2 aromatic carbocycles. The van der Waals surface area contributed by atoms with Gasteiger partial charge in [0.05, 0.1) is 5.56 Å². The Bertz CT molecular complexity index is 650. The smallest absolute Gasteiger partial charge is 0.168 e. The summed E-state index contributed by atoms with van der Waals surface area (Å²) in [5.41, 5.74) is 7.62. The van der Waals surface area contributed by atoms with Gasteiger partial charge in [-0.3, -0.25) is 0 Å². The first-order chi connectivity index (χ1) is 9.69. The quantitative estimate of drug-likeness (QED) is 0.844. The van der Waals surface area contributed by atoms with Gasteiger partial charge in [0.25, 0.3) is 0 Å². The summed E-state index contributed by atoms with van der Waals surface area (Å²) in [4.78, 5) is 0. The molecule has 0 saturated carbocycles. The van der Waals surface area contributed by atoms with Crippen LogP contribution in [0.15, 0.2) is 48.5 Å². The summed E-state index contributed by atoms with van der Waals surface area (Å²) < 4.78 is 5.69. The van der Waals surface area contributed by atoms with E-state index in [0.717, 1.165) is 5.56 Å². The normalized spacial score (nSPS) is 9.55. The second-order valence-corrected chi connectivity index (χ2v) is 4.53. The van der Waals surface area contributed by atoms with Crippen LogP contribution < -0.4 is 15.8 Å². The van der Waals surface area contributed by atoms with Gasteiger partial charge in [0.15, 0.2) is 5.11 Å². The number of hydrogen-bond donors (Lipinski definition) is 2. The second kappa shape index (κ2) is 6.55. The zero-order chi connectivity index (χ0) is 14.4. The zero-order valence-electron chi connectivity index (χ0n) is 10.7. The predicted octanol–water partition coefficient (Wildman–Crippen LogP) is 2.79. The van der Waals surface area contributed by atoms with E-state index in [-0.39, 0.29) is 5.11 Å². The molecule has 0 aromatic heterocycles. The maximum atomic E-state index is 9.09. The Morgan fingerprint density at radius 1 is 1.25 bits per heavy atom. The first-order valence-electron chi connectivity index (χ1n) is 5.96. The lowest BCUT2D eigenvalue weighted by Crippen LogP contribution is -2.18.